The Morgan fingerprint density at radius 1 is 0.406 bits per heavy atom. The van der Waals surface area contributed by atoms with Crippen LogP contribution in [0.15, 0.2) is 84.9 Å². The first-order chi connectivity index (χ1) is 15.7. The van der Waals surface area contributed by atoms with Crippen LogP contribution in [0.1, 0.15) is 22.3 Å². The van der Waals surface area contributed by atoms with E-state index in [1.807, 2.05) is 91.0 Å². The SMILES string of the molecule is N#Cc1cc(C#N)c(C#N)c(-c2cc(-c3ccccc3)cc(-c3ccccc3)c2)c1C#N. The van der Waals surface area contributed by atoms with Crippen molar-refractivity contribution in [1.82, 2.24) is 0 Å². The average molecular weight is 406 g/mol. The van der Waals surface area contributed by atoms with Crippen LogP contribution < -0.4 is 0 Å². The van der Waals surface area contributed by atoms with Gasteiger partial charge in [0.2, 0.25) is 0 Å². The van der Waals surface area contributed by atoms with E-state index in [0.717, 1.165) is 22.3 Å². The molecule has 0 heterocycles. The van der Waals surface area contributed by atoms with E-state index in [0.29, 0.717) is 11.1 Å². The Bertz CT molecular complexity index is 1380. The fourth-order valence-electron chi connectivity index (χ4n) is 3.75. The summed E-state index contributed by atoms with van der Waals surface area (Å²) < 4.78 is 0. The van der Waals surface area contributed by atoms with Gasteiger partial charge in [0.1, 0.15) is 24.3 Å². The Hall–Kier alpha value is -5.16. The van der Waals surface area contributed by atoms with Crippen molar-refractivity contribution in [2.75, 3.05) is 0 Å². The van der Waals surface area contributed by atoms with Crippen molar-refractivity contribution in [3.8, 4) is 57.7 Å². The molecule has 0 aromatic heterocycles. The first kappa shape index (κ1) is 20.1. The van der Waals surface area contributed by atoms with E-state index in [1.165, 1.54) is 6.07 Å². The van der Waals surface area contributed by atoms with Crippen molar-refractivity contribution >= 4 is 0 Å². The van der Waals surface area contributed by atoms with Crippen LogP contribution in [0.25, 0.3) is 33.4 Å². The second-order valence-corrected chi connectivity index (χ2v) is 7.07. The van der Waals surface area contributed by atoms with Crippen LogP contribution in [0.3, 0.4) is 0 Å². The molecule has 4 aromatic carbocycles. The molecule has 0 N–H and O–H groups in total. The Balaban J connectivity index is 2.12. The molecule has 4 aromatic rings. The van der Waals surface area contributed by atoms with Gasteiger partial charge in [0, 0.05) is 5.56 Å². The fourth-order valence-corrected chi connectivity index (χ4v) is 3.75. The third-order valence-electron chi connectivity index (χ3n) is 5.23. The number of nitrogens with zero attached hydrogens (tertiary/aromatic N) is 4. The Morgan fingerprint density at radius 3 is 1.19 bits per heavy atom. The molecule has 0 spiro atoms. The van der Waals surface area contributed by atoms with Gasteiger partial charge in [-0.25, -0.2) is 0 Å². The minimum atomic E-state index is 0.0735. The van der Waals surface area contributed by atoms with E-state index < -0.39 is 0 Å². The smallest absolute Gasteiger partial charge is 0.101 e. The highest BCUT2D eigenvalue weighted by Gasteiger charge is 2.21. The summed E-state index contributed by atoms with van der Waals surface area (Å²) >= 11 is 0. The predicted molar refractivity (Wildman–Crippen MR) is 122 cm³/mol. The number of hydrogen-bond donors (Lipinski definition) is 0. The van der Waals surface area contributed by atoms with Crippen molar-refractivity contribution in [2.45, 2.75) is 0 Å². The van der Waals surface area contributed by atoms with E-state index in [2.05, 4.69) is 12.1 Å². The summed E-state index contributed by atoms with van der Waals surface area (Å²) in [7, 11) is 0. The lowest BCUT2D eigenvalue weighted by Crippen LogP contribution is -1.99. The van der Waals surface area contributed by atoms with Crippen LogP contribution >= 0.6 is 0 Å². The Kier molecular flexibility index (Phi) is 5.46. The van der Waals surface area contributed by atoms with Crippen molar-refractivity contribution in [3.63, 3.8) is 0 Å². The molecule has 0 aliphatic carbocycles. The minimum absolute atomic E-state index is 0.0735. The lowest BCUT2D eigenvalue weighted by atomic mass is 9.86. The zero-order valence-electron chi connectivity index (χ0n) is 16.9. The second-order valence-electron chi connectivity index (χ2n) is 7.07. The molecular formula is C28H14N4. The molecule has 146 valence electrons. The van der Waals surface area contributed by atoms with Crippen molar-refractivity contribution in [2.24, 2.45) is 0 Å². The fraction of sp³-hybridized carbons (Fsp3) is 0. The third-order valence-corrected chi connectivity index (χ3v) is 5.23. The second kappa shape index (κ2) is 8.69. The molecule has 0 atom stereocenters. The lowest BCUT2D eigenvalue weighted by Gasteiger charge is -2.14. The van der Waals surface area contributed by atoms with Crippen molar-refractivity contribution < 1.29 is 0 Å². The van der Waals surface area contributed by atoms with Crippen molar-refractivity contribution in [3.05, 3.63) is 107 Å². The average Bonchev–Trinajstić information content (AvgIpc) is 2.87. The Morgan fingerprint density at radius 2 is 0.812 bits per heavy atom. The maximum absolute atomic E-state index is 9.85. The molecule has 0 unspecified atom stereocenters. The summed E-state index contributed by atoms with van der Waals surface area (Å²) in [6.45, 7) is 0. The molecule has 0 radical (unpaired) electrons. The molecule has 4 rings (SSSR count). The highest BCUT2D eigenvalue weighted by Crippen LogP contribution is 2.37. The van der Waals surface area contributed by atoms with Crippen LogP contribution in [-0.4, -0.2) is 0 Å². The zero-order chi connectivity index (χ0) is 22.5. The molecule has 0 fully saturated rings. The van der Waals surface area contributed by atoms with Gasteiger partial charge in [0.25, 0.3) is 0 Å². The molecule has 4 heteroatoms. The van der Waals surface area contributed by atoms with Gasteiger partial charge in [-0.2, -0.15) is 21.0 Å². The molecular weight excluding hydrogens is 392 g/mol. The first-order valence-corrected chi connectivity index (χ1v) is 9.78. The summed E-state index contributed by atoms with van der Waals surface area (Å²) in [5, 5.41) is 38.9. The van der Waals surface area contributed by atoms with Gasteiger partial charge >= 0.3 is 0 Å². The zero-order valence-corrected chi connectivity index (χ0v) is 16.9. The van der Waals surface area contributed by atoms with Gasteiger partial charge < -0.3 is 0 Å². The largest absolute Gasteiger partial charge is 0.192 e. The normalized spacial score (nSPS) is 9.75. The number of rotatable bonds is 3. The van der Waals surface area contributed by atoms with Gasteiger partial charge in [0.15, 0.2) is 0 Å². The van der Waals surface area contributed by atoms with Crippen LogP contribution in [0.2, 0.25) is 0 Å². The van der Waals surface area contributed by atoms with Gasteiger partial charge in [-0.3, -0.25) is 0 Å². The van der Waals surface area contributed by atoms with E-state index in [-0.39, 0.29) is 22.3 Å². The summed E-state index contributed by atoms with van der Waals surface area (Å²) in [6.07, 6.45) is 0. The van der Waals surface area contributed by atoms with Gasteiger partial charge in [0.05, 0.1) is 22.3 Å². The maximum Gasteiger partial charge on any atom is 0.101 e. The summed E-state index contributed by atoms with van der Waals surface area (Å²) in [5.41, 5.74) is 4.98. The van der Waals surface area contributed by atoms with Gasteiger partial charge in [-0.15, -0.1) is 0 Å². The third kappa shape index (κ3) is 3.58. The topological polar surface area (TPSA) is 95.2 Å². The predicted octanol–water partition coefficient (Wildman–Crippen LogP) is 6.17. The monoisotopic (exact) mass is 406 g/mol. The van der Waals surface area contributed by atoms with Gasteiger partial charge in [-0.05, 0) is 52.1 Å². The number of benzene rings is 4. The van der Waals surface area contributed by atoms with Crippen LogP contribution in [-0.2, 0) is 0 Å². The molecule has 0 aliphatic heterocycles. The van der Waals surface area contributed by atoms with E-state index in [9.17, 15) is 21.0 Å². The summed E-state index contributed by atoms with van der Waals surface area (Å²) in [4.78, 5) is 0. The standard InChI is InChI=1S/C28H14N4/c29-15-24-14-25(16-30)27(18-32)28(26(24)17-31)23-12-21(19-7-3-1-4-8-19)11-22(13-23)20-9-5-2-6-10-20/h1-14H. The molecule has 0 bridgehead atoms. The lowest BCUT2D eigenvalue weighted by molar-refractivity contribution is 1.37. The van der Waals surface area contributed by atoms with Gasteiger partial charge in [-0.1, -0.05) is 60.7 Å². The first-order valence-electron chi connectivity index (χ1n) is 9.78. The molecule has 4 nitrogen and oxygen atoms in total. The maximum atomic E-state index is 9.85. The van der Waals surface area contributed by atoms with E-state index in [1.54, 1.807) is 0 Å². The van der Waals surface area contributed by atoms with Crippen LogP contribution in [0.4, 0.5) is 0 Å². The van der Waals surface area contributed by atoms with E-state index in [4.69, 9.17) is 0 Å². The highest BCUT2D eigenvalue weighted by atomic mass is 14.3. The number of hydrogen-bond acceptors (Lipinski definition) is 4. The van der Waals surface area contributed by atoms with Crippen molar-refractivity contribution in [1.29, 1.82) is 21.0 Å². The molecule has 32 heavy (non-hydrogen) atoms. The minimum Gasteiger partial charge on any atom is -0.192 e. The van der Waals surface area contributed by atoms with E-state index >= 15 is 0 Å². The molecule has 0 amide bonds. The van der Waals surface area contributed by atoms with Crippen LogP contribution in [0.5, 0.6) is 0 Å². The molecule has 0 saturated carbocycles. The summed E-state index contributed by atoms with van der Waals surface area (Å²) in [6, 6.07) is 34.8. The quantitative estimate of drug-likeness (QED) is 0.406. The Labute approximate surface area is 186 Å². The molecule has 0 aliphatic rings. The summed E-state index contributed by atoms with van der Waals surface area (Å²) in [5.74, 6) is 0. The van der Waals surface area contributed by atoms with Crippen LogP contribution in [0, 0.1) is 45.3 Å². The highest BCUT2D eigenvalue weighted by molar-refractivity contribution is 5.87. The molecule has 0 saturated heterocycles. The number of nitriles is 4.